The first kappa shape index (κ1) is 30.3. The van der Waals surface area contributed by atoms with Gasteiger partial charge in [0.15, 0.2) is 17.4 Å². The molecule has 2 aromatic heterocycles. The van der Waals surface area contributed by atoms with Crippen molar-refractivity contribution in [2.24, 2.45) is 16.1 Å². The van der Waals surface area contributed by atoms with Gasteiger partial charge in [0.1, 0.15) is 25.3 Å². The molecule has 1 fully saturated rings. The Labute approximate surface area is 250 Å². The third kappa shape index (κ3) is 5.87. The maximum atomic E-state index is 15.3. The lowest BCUT2D eigenvalue weighted by Crippen LogP contribution is -2.28. The van der Waals surface area contributed by atoms with Gasteiger partial charge in [0.25, 0.3) is 5.84 Å². The standard InChI is InChI=1S/C33H39F2N6O2/c1-20(37-5)23(31(36)32(43)33(2,3)4)7-6-8-25-24(10-11-26(34)30(25)35)21-9-12-27-38-17-22(41(27)18-21)19-39-15-16-40-28(39)13-14-29(40)42/h9-12,17-18H,6-8,13-16,19,36H2,1-5H3/q+1/b31-23-,37-20?. The highest BCUT2D eigenvalue weighted by Crippen LogP contribution is 2.31. The summed E-state index contributed by atoms with van der Waals surface area (Å²) in [5.74, 6) is -0.734. The van der Waals surface area contributed by atoms with Gasteiger partial charge in [0.2, 0.25) is 0 Å². The lowest BCUT2D eigenvalue weighted by atomic mass is 9.86. The van der Waals surface area contributed by atoms with Crippen molar-refractivity contribution in [2.45, 2.75) is 66.3 Å². The number of benzene rings is 1. The molecular formula is C33H39F2N6O2+. The molecule has 3 aromatic rings. The van der Waals surface area contributed by atoms with Gasteiger partial charge in [0.05, 0.1) is 30.4 Å². The summed E-state index contributed by atoms with van der Waals surface area (Å²) in [5, 5.41) is 0. The number of hydrogen-bond acceptors (Lipinski definition) is 5. The van der Waals surface area contributed by atoms with Crippen LogP contribution < -0.4 is 5.73 Å². The molecule has 2 aliphatic rings. The second-order valence-corrected chi connectivity index (χ2v) is 12.3. The summed E-state index contributed by atoms with van der Waals surface area (Å²) in [4.78, 5) is 35.7. The van der Waals surface area contributed by atoms with Crippen molar-refractivity contribution >= 4 is 28.9 Å². The highest BCUT2D eigenvalue weighted by atomic mass is 19.2. The predicted molar refractivity (Wildman–Crippen MR) is 163 cm³/mol. The molecular weight excluding hydrogens is 550 g/mol. The molecule has 5 rings (SSSR count). The SMILES string of the molecule is CN=C(C)/C(CCCc1c(-c2ccc3ncc(C[N+]4=C5CCC(=O)N5CC4)n3c2)ccc(F)c1F)=C(\N)C(=O)C(C)(C)C. The first-order valence-electron chi connectivity index (χ1n) is 14.7. The number of pyridine rings is 1. The summed E-state index contributed by atoms with van der Waals surface area (Å²) in [6.07, 6.45) is 6.09. The fourth-order valence-corrected chi connectivity index (χ4v) is 5.97. The van der Waals surface area contributed by atoms with E-state index in [9.17, 15) is 14.0 Å². The topological polar surface area (TPSA) is 96.1 Å². The lowest BCUT2D eigenvalue weighted by Gasteiger charge is -2.20. The molecule has 1 saturated heterocycles. The Bertz CT molecular complexity index is 1710. The number of halogens is 2. The predicted octanol–water partition coefficient (Wildman–Crippen LogP) is 5.07. The summed E-state index contributed by atoms with van der Waals surface area (Å²) in [7, 11) is 1.64. The molecule has 0 radical (unpaired) electrons. The van der Waals surface area contributed by atoms with Crippen molar-refractivity contribution < 1.29 is 22.9 Å². The number of hydrogen-bond donors (Lipinski definition) is 1. The van der Waals surface area contributed by atoms with Gasteiger partial charge in [-0.05, 0) is 66.6 Å². The minimum Gasteiger partial charge on any atom is -0.396 e. The smallest absolute Gasteiger partial charge is 0.310 e. The number of allylic oxidation sites excluding steroid dienone is 2. The van der Waals surface area contributed by atoms with Crippen LogP contribution in [-0.2, 0) is 22.6 Å². The Balaban J connectivity index is 1.44. The number of aromatic nitrogens is 2. The van der Waals surface area contributed by atoms with Crippen molar-refractivity contribution in [2.75, 3.05) is 20.1 Å². The van der Waals surface area contributed by atoms with E-state index >= 15 is 4.39 Å². The third-order valence-corrected chi connectivity index (χ3v) is 8.45. The van der Waals surface area contributed by atoms with Crippen molar-refractivity contribution in [1.29, 1.82) is 0 Å². The third-order valence-electron chi connectivity index (χ3n) is 8.45. The largest absolute Gasteiger partial charge is 0.396 e. The molecule has 226 valence electrons. The Morgan fingerprint density at radius 1 is 1.16 bits per heavy atom. The molecule has 1 amide bonds. The molecule has 1 aromatic carbocycles. The average molecular weight is 590 g/mol. The molecule has 0 spiro atoms. The van der Waals surface area contributed by atoms with Crippen LogP contribution in [0.1, 0.15) is 64.6 Å². The maximum Gasteiger partial charge on any atom is 0.310 e. The van der Waals surface area contributed by atoms with E-state index in [-0.39, 0.29) is 29.4 Å². The van der Waals surface area contributed by atoms with Crippen LogP contribution in [0.3, 0.4) is 0 Å². The Hall–Kier alpha value is -4.21. The fraction of sp³-hybridized carbons (Fsp3) is 0.424. The number of fused-ring (bicyclic) bond motifs is 2. The summed E-state index contributed by atoms with van der Waals surface area (Å²) in [6.45, 7) is 9.29. The molecule has 2 aliphatic heterocycles. The van der Waals surface area contributed by atoms with Crippen molar-refractivity contribution in [3.05, 3.63) is 70.8 Å². The number of rotatable bonds is 9. The number of amides is 1. The van der Waals surface area contributed by atoms with Crippen molar-refractivity contribution in [3.63, 3.8) is 0 Å². The monoisotopic (exact) mass is 589 g/mol. The quantitative estimate of drug-likeness (QED) is 0.214. The van der Waals surface area contributed by atoms with Gasteiger partial charge in [-0.25, -0.2) is 18.6 Å². The molecule has 43 heavy (non-hydrogen) atoms. The highest BCUT2D eigenvalue weighted by Gasteiger charge is 2.41. The summed E-state index contributed by atoms with van der Waals surface area (Å²) in [5.41, 5.74) is 10.4. The molecule has 0 saturated carbocycles. The summed E-state index contributed by atoms with van der Waals surface area (Å²) >= 11 is 0. The number of carbonyl (C=O) groups excluding carboxylic acids is 2. The van der Waals surface area contributed by atoms with E-state index in [0.29, 0.717) is 49.2 Å². The van der Waals surface area contributed by atoms with E-state index in [1.54, 1.807) is 20.0 Å². The van der Waals surface area contributed by atoms with Crippen LogP contribution in [0, 0.1) is 17.0 Å². The number of aliphatic imine (C=N–C) groups is 1. The van der Waals surface area contributed by atoms with Crippen LogP contribution in [0.25, 0.3) is 16.8 Å². The first-order valence-corrected chi connectivity index (χ1v) is 14.7. The zero-order chi connectivity index (χ0) is 31.1. The molecule has 0 unspecified atom stereocenters. The molecule has 2 N–H and O–H groups in total. The average Bonchev–Trinajstić information content (AvgIpc) is 3.68. The van der Waals surface area contributed by atoms with Gasteiger partial charge < -0.3 is 5.73 Å². The minimum atomic E-state index is -0.908. The Morgan fingerprint density at radius 3 is 2.65 bits per heavy atom. The van der Waals surface area contributed by atoms with Gasteiger partial charge in [-0.3, -0.25) is 18.8 Å². The van der Waals surface area contributed by atoms with Crippen LogP contribution in [0.4, 0.5) is 8.78 Å². The van der Waals surface area contributed by atoms with Crippen LogP contribution >= 0.6 is 0 Å². The zero-order valence-corrected chi connectivity index (χ0v) is 25.5. The van der Waals surface area contributed by atoms with Gasteiger partial charge in [0, 0.05) is 24.4 Å². The highest BCUT2D eigenvalue weighted by molar-refractivity contribution is 6.08. The number of Topliss-reactive ketones (excluding diaryl/α,β-unsaturated/α-hetero) is 1. The second kappa shape index (κ2) is 11.8. The van der Waals surface area contributed by atoms with E-state index in [1.165, 1.54) is 0 Å². The van der Waals surface area contributed by atoms with Crippen LogP contribution in [-0.4, -0.2) is 62.2 Å². The van der Waals surface area contributed by atoms with Crippen molar-refractivity contribution in [3.8, 4) is 11.1 Å². The van der Waals surface area contributed by atoms with Gasteiger partial charge in [-0.15, -0.1) is 0 Å². The lowest BCUT2D eigenvalue weighted by molar-refractivity contribution is -0.536. The Kier molecular flexibility index (Phi) is 8.31. The number of ketones is 1. The van der Waals surface area contributed by atoms with E-state index in [4.69, 9.17) is 5.73 Å². The number of imidazole rings is 1. The number of nitrogens with zero attached hydrogens (tertiary/aromatic N) is 5. The maximum absolute atomic E-state index is 15.3. The molecule has 10 heteroatoms. The van der Waals surface area contributed by atoms with E-state index in [0.717, 1.165) is 41.8 Å². The molecule has 8 nitrogen and oxygen atoms in total. The minimum absolute atomic E-state index is 0.162. The summed E-state index contributed by atoms with van der Waals surface area (Å²) < 4.78 is 34.1. The molecule has 0 atom stereocenters. The van der Waals surface area contributed by atoms with E-state index in [1.807, 2.05) is 54.6 Å². The summed E-state index contributed by atoms with van der Waals surface area (Å²) in [6, 6.07) is 6.49. The van der Waals surface area contributed by atoms with E-state index in [2.05, 4.69) is 14.6 Å². The number of nitrogens with two attached hydrogens (primary N) is 1. The van der Waals surface area contributed by atoms with Crippen LogP contribution in [0.2, 0.25) is 0 Å². The van der Waals surface area contributed by atoms with Crippen LogP contribution in [0.15, 0.2) is 52.9 Å². The van der Waals surface area contributed by atoms with Gasteiger partial charge >= 0.3 is 5.91 Å². The number of amidine groups is 1. The first-order chi connectivity index (χ1) is 20.4. The Morgan fingerprint density at radius 2 is 1.93 bits per heavy atom. The zero-order valence-electron chi connectivity index (χ0n) is 25.5. The molecule has 0 aliphatic carbocycles. The van der Waals surface area contributed by atoms with Gasteiger partial charge in [-0.2, -0.15) is 4.90 Å². The molecule has 0 bridgehead atoms. The second-order valence-electron chi connectivity index (χ2n) is 12.3. The normalized spacial score (nSPS) is 16.4. The van der Waals surface area contributed by atoms with Crippen LogP contribution in [0.5, 0.6) is 0 Å². The number of carbonyl (C=O) groups is 2. The molecule has 4 heterocycles. The van der Waals surface area contributed by atoms with Gasteiger partial charge in [-0.1, -0.05) is 26.8 Å². The fourth-order valence-electron chi connectivity index (χ4n) is 5.97. The van der Waals surface area contributed by atoms with Crippen molar-refractivity contribution in [1.82, 2.24) is 14.3 Å². The van der Waals surface area contributed by atoms with E-state index < -0.39 is 17.0 Å².